The first kappa shape index (κ1) is 26.6. The summed E-state index contributed by atoms with van der Waals surface area (Å²) >= 11 is 0. The zero-order valence-electron chi connectivity index (χ0n) is 19.8. The minimum atomic E-state index is -3.11. The molecule has 37 heavy (non-hydrogen) atoms. The van der Waals surface area contributed by atoms with Gasteiger partial charge in [-0.2, -0.15) is 8.78 Å². The van der Waals surface area contributed by atoms with Gasteiger partial charge in [0.25, 0.3) is 5.91 Å². The maximum Gasteiger partial charge on any atom is 0.410 e. The van der Waals surface area contributed by atoms with E-state index in [4.69, 9.17) is 0 Å². The van der Waals surface area contributed by atoms with Crippen molar-refractivity contribution in [1.82, 2.24) is 25.0 Å². The highest BCUT2D eigenvalue weighted by Gasteiger charge is 2.62. The van der Waals surface area contributed by atoms with Gasteiger partial charge in [-0.1, -0.05) is 10.5 Å². The number of hydrogen-bond acceptors (Lipinski definition) is 9. The molecule has 1 unspecified atom stereocenters. The van der Waals surface area contributed by atoms with Gasteiger partial charge < -0.3 is 19.7 Å². The highest BCUT2D eigenvalue weighted by atomic mass is 32.3. The molecule has 0 saturated carbocycles. The average molecular weight is 544 g/mol. The second kappa shape index (κ2) is 9.42. The molecule has 2 amide bonds. The molecule has 0 aliphatic carbocycles. The van der Waals surface area contributed by atoms with Crippen LogP contribution in [0.15, 0.2) is 29.5 Å². The minimum Gasteiger partial charge on any atom is -0.465 e. The van der Waals surface area contributed by atoms with Crippen LogP contribution in [0.3, 0.4) is 0 Å². The molecule has 16 heteroatoms. The fourth-order valence-corrected chi connectivity index (χ4v) is 7.85. The number of carboxylic acid groups (broad SMARTS) is 1. The summed E-state index contributed by atoms with van der Waals surface area (Å²) in [7, 11) is -2.77. The first-order valence-corrected chi connectivity index (χ1v) is 12.6. The summed E-state index contributed by atoms with van der Waals surface area (Å²) in [6, 6.07) is 2.26. The number of hydrogen-bond donors (Lipinski definition) is 5. The topological polar surface area (TPSA) is 171 Å². The number of carbonyl (C=O) groups is 2. The lowest BCUT2D eigenvalue weighted by atomic mass is 9.89. The molecular formula is C21H24F3N7O5S. The molecule has 1 saturated heterocycles. The van der Waals surface area contributed by atoms with Crippen molar-refractivity contribution >= 4 is 34.1 Å². The van der Waals surface area contributed by atoms with Crippen LogP contribution in [0.25, 0.3) is 0 Å². The van der Waals surface area contributed by atoms with Gasteiger partial charge in [-0.15, -0.1) is 0 Å². The molecule has 1 fully saturated rings. The number of rotatable bonds is 5. The summed E-state index contributed by atoms with van der Waals surface area (Å²) in [6.45, 7) is 2.15. The van der Waals surface area contributed by atoms with Crippen LogP contribution < -0.4 is 20.1 Å². The number of ether oxygens (including phenoxy) is 1. The van der Waals surface area contributed by atoms with Gasteiger partial charge in [0.05, 0.1) is 22.4 Å². The predicted molar refractivity (Wildman–Crippen MR) is 127 cm³/mol. The van der Waals surface area contributed by atoms with Gasteiger partial charge in [-0.05, 0) is 39.3 Å². The first-order valence-electron chi connectivity index (χ1n) is 10.9. The maximum absolute atomic E-state index is 15.2. The van der Waals surface area contributed by atoms with E-state index in [9.17, 15) is 28.0 Å². The number of aliphatic imine (C=N–C) groups is 1. The summed E-state index contributed by atoms with van der Waals surface area (Å²) in [5, 5.41) is 13.4. The fraction of sp³-hybridized carbons (Fsp3) is 0.429. The molecule has 2 aromatic rings. The van der Waals surface area contributed by atoms with E-state index in [0.29, 0.717) is 13.0 Å². The number of fused-ring (bicyclic) bond motifs is 1. The first-order chi connectivity index (χ1) is 17.3. The Hall–Kier alpha value is -3.50. The number of halogens is 3. The molecule has 2 aliphatic heterocycles. The third-order valence-electron chi connectivity index (χ3n) is 6.32. The van der Waals surface area contributed by atoms with Crippen molar-refractivity contribution in [2.45, 2.75) is 49.3 Å². The Bertz CT molecular complexity index is 1270. The maximum atomic E-state index is 15.2. The second-order valence-corrected chi connectivity index (χ2v) is 12.1. The van der Waals surface area contributed by atoms with Crippen LogP contribution in [0.2, 0.25) is 0 Å². The Morgan fingerprint density at radius 1 is 1.22 bits per heavy atom. The van der Waals surface area contributed by atoms with E-state index >= 15 is 4.39 Å². The summed E-state index contributed by atoms with van der Waals surface area (Å²) < 4.78 is 57.6. The van der Waals surface area contributed by atoms with Crippen molar-refractivity contribution < 1.29 is 37.2 Å². The van der Waals surface area contributed by atoms with E-state index in [1.54, 1.807) is 20.8 Å². The summed E-state index contributed by atoms with van der Waals surface area (Å²) in [5.41, 5.74) is -1.96. The van der Waals surface area contributed by atoms with Gasteiger partial charge >= 0.3 is 12.7 Å². The van der Waals surface area contributed by atoms with Gasteiger partial charge in [0.15, 0.2) is 0 Å². The molecule has 4 rings (SSSR count). The molecule has 12 nitrogen and oxygen atoms in total. The van der Waals surface area contributed by atoms with E-state index in [-0.39, 0.29) is 23.0 Å². The number of alkyl halides is 2. The van der Waals surface area contributed by atoms with Crippen molar-refractivity contribution in [3.8, 4) is 5.88 Å². The zero-order chi connectivity index (χ0) is 27.2. The third kappa shape index (κ3) is 4.67. The molecular weight excluding hydrogens is 519 g/mol. The number of aromatic nitrogens is 3. The van der Waals surface area contributed by atoms with Crippen LogP contribution in [0.1, 0.15) is 43.4 Å². The van der Waals surface area contributed by atoms with Crippen LogP contribution in [0, 0.1) is 5.82 Å². The Labute approximate surface area is 210 Å². The van der Waals surface area contributed by atoms with Gasteiger partial charge in [-0.25, -0.2) is 24.1 Å². The Kier molecular flexibility index (Phi) is 6.76. The van der Waals surface area contributed by atoms with E-state index in [1.165, 1.54) is 6.07 Å². The molecule has 200 valence electrons. The Balaban J connectivity index is 1.70. The van der Waals surface area contributed by atoms with Crippen molar-refractivity contribution in [3.05, 3.63) is 41.7 Å². The second-order valence-electron chi connectivity index (χ2n) is 8.95. The van der Waals surface area contributed by atoms with E-state index in [2.05, 4.69) is 40.0 Å². The SMILES string of the molecule is CC1(C)C(NC(=O)O)=N[C@](C)(c2nc(NC(=O)c3cnc(OC(F)F)cn3)ccc2F)[C@H]2CCNS21O. The van der Waals surface area contributed by atoms with Crippen molar-refractivity contribution in [3.63, 3.8) is 0 Å². The Morgan fingerprint density at radius 3 is 2.57 bits per heavy atom. The number of anilines is 1. The zero-order valence-corrected chi connectivity index (χ0v) is 20.6. The monoisotopic (exact) mass is 543 g/mol. The number of pyridine rings is 1. The lowest BCUT2D eigenvalue weighted by Gasteiger charge is -2.56. The number of carbonyl (C=O) groups excluding carboxylic acids is 1. The van der Waals surface area contributed by atoms with Crippen molar-refractivity contribution in [2.24, 2.45) is 4.99 Å². The molecule has 0 bridgehead atoms. The van der Waals surface area contributed by atoms with Gasteiger partial charge in [0.1, 0.15) is 34.4 Å². The minimum absolute atomic E-state index is 0.0531. The van der Waals surface area contributed by atoms with Crippen LogP contribution in [-0.2, 0) is 5.54 Å². The summed E-state index contributed by atoms with van der Waals surface area (Å²) in [5.74, 6) is -2.21. The quantitative estimate of drug-likeness (QED) is 0.380. The normalized spacial score (nSPS) is 28.0. The third-order valence-corrected chi connectivity index (χ3v) is 10.2. The average Bonchev–Trinajstić information content (AvgIpc) is 3.23. The fourth-order valence-electron chi connectivity index (χ4n) is 4.47. The van der Waals surface area contributed by atoms with Crippen molar-refractivity contribution in [1.29, 1.82) is 0 Å². The number of amides is 2. The van der Waals surface area contributed by atoms with E-state index in [1.807, 2.05) is 0 Å². The highest BCUT2D eigenvalue weighted by molar-refractivity contribution is 8.29. The summed E-state index contributed by atoms with van der Waals surface area (Å²) in [4.78, 5) is 40.2. The number of nitrogens with one attached hydrogen (secondary N) is 3. The number of amidine groups is 1. The lowest BCUT2D eigenvalue weighted by molar-refractivity contribution is -0.0531. The molecule has 2 aliphatic rings. The molecule has 0 radical (unpaired) electrons. The molecule has 0 spiro atoms. The van der Waals surface area contributed by atoms with Crippen molar-refractivity contribution in [2.75, 3.05) is 11.9 Å². The van der Waals surface area contributed by atoms with Crippen LogP contribution in [0.5, 0.6) is 5.88 Å². The predicted octanol–water partition coefficient (Wildman–Crippen LogP) is 3.09. The molecule has 4 heterocycles. The van der Waals surface area contributed by atoms with Crippen LogP contribution in [-0.4, -0.2) is 65.6 Å². The largest absolute Gasteiger partial charge is 0.465 e. The van der Waals surface area contributed by atoms with Gasteiger partial charge in [0.2, 0.25) is 5.88 Å². The van der Waals surface area contributed by atoms with Crippen LogP contribution in [0.4, 0.5) is 23.8 Å². The standard InChI is InChI=1S/C21H24F3N7O5S/c1-20(2)17(30-19(33)34)31-21(3,12-6-7-27-37(12,20)35)15-10(22)4-5-13(28-15)29-16(32)11-8-26-14(9-25-11)36-18(23)24/h4-5,8-9,12,18,27,35H,6-7H2,1-3H3,(H,30,31)(H,33,34)(H,28,29,32)/t12-,21+/m1/s1. The molecule has 3 atom stereocenters. The van der Waals surface area contributed by atoms with E-state index < -0.39 is 56.3 Å². The molecule has 0 aromatic carbocycles. The summed E-state index contributed by atoms with van der Waals surface area (Å²) in [6.07, 6.45) is 0.784. The van der Waals surface area contributed by atoms with E-state index in [0.717, 1.165) is 18.5 Å². The Morgan fingerprint density at radius 2 is 1.95 bits per heavy atom. The lowest BCUT2D eigenvalue weighted by Crippen LogP contribution is -2.59. The van der Waals surface area contributed by atoms with Gasteiger partial charge in [-0.3, -0.25) is 19.8 Å². The highest BCUT2D eigenvalue weighted by Crippen LogP contribution is 2.67. The van der Waals surface area contributed by atoms with Crippen LogP contribution >= 0.6 is 10.5 Å². The van der Waals surface area contributed by atoms with Gasteiger partial charge in [0, 0.05) is 6.54 Å². The number of nitrogens with zero attached hydrogens (tertiary/aromatic N) is 4. The smallest absolute Gasteiger partial charge is 0.410 e. The molecule has 2 aromatic heterocycles. The molecule has 5 N–H and O–H groups in total.